The molecule has 2 rings (SSSR count). The second-order valence-electron chi connectivity index (χ2n) is 3.63. The summed E-state index contributed by atoms with van der Waals surface area (Å²) < 4.78 is 30.5. The molecular formula is C12H8ClF2N3O. The first-order valence-electron chi connectivity index (χ1n) is 5.17. The predicted octanol–water partition coefficient (Wildman–Crippen LogP) is 3.89. The van der Waals surface area contributed by atoms with Crippen molar-refractivity contribution in [2.75, 3.05) is 0 Å². The van der Waals surface area contributed by atoms with Gasteiger partial charge in [-0.2, -0.15) is 13.9 Å². The molecule has 0 fully saturated rings. The number of aryl methyl sites for hydroxylation is 1. The average Bonchev–Trinajstić information content (AvgIpc) is 2.73. The zero-order valence-electron chi connectivity index (χ0n) is 9.77. The van der Waals surface area contributed by atoms with Gasteiger partial charge in [-0.15, -0.1) is 0 Å². The summed E-state index contributed by atoms with van der Waals surface area (Å²) in [6.45, 7) is 4.13. The minimum Gasteiger partial charge on any atom is -0.447 e. The first-order valence-corrected chi connectivity index (χ1v) is 5.55. The maximum absolute atomic E-state index is 12.3. The molecule has 0 unspecified atom stereocenters. The largest absolute Gasteiger partial charge is 0.447 e. The Morgan fingerprint density at radius 1 is 1.47 bits per heavy atom. The Bertz CT molecular complexity index is 649. The van der Waals surface area contributed by atoms with Crippen LogP contribution >= 0.6 is 11.6 Å². The zero-order valence-corrected chi connectivity index (χ0v) is 10.5. The van der Waals surface area contributed by atoms with Gasteiger partial charge in [-0.3, -0.25) is 4.68 Å². The Balaban J connectivity index is 2.65. The minimum atomic E-state index is -3.02. The van der Waals surface area contributed by atoms with Crippen molar-refractivity contribution in [3.8, 4) is 17.0 Å². The van der Waals surface area contributed by atoms with Gasteiger partial charge in [0.15, 0.2) is 0 Å². The SMILES string of the molecule is [C-]#[N+]c1c(OC(F)F)cc(Cl)cc1-c1ccnn1C. The smallest absolute Gasteiger partial charge is 0.386 e. The summed E-state index contributed by atoms with van der Waals surface area (Å²) in [6.07, 6.45) is 1.54. The van der Waals surface area contributed by atoms with E-state index in [1.54, 1.807) is 13.1 Å². The van der Waals surface area contributed by atoms with E-state index in [-0.39, 0.29) is 16.5 Å². The molecule has 0 saturated heterocycles. The Labute approximate surface area is 113 Å². The molecule has 0 bridgehead atoms. The molecule has 0 saturated carbocycles. The van der Waals surface area contributed by atoms with Gasteiger partial charge in [0, 0.05) is 23.8 Å². The first-order chi connectivity index (χ1) is 9.02. The molecule has 19 heavy (non-hydrogen) atoms. The summed E-state index contributed by atoms with van der Waals surface area (Å²) in [5, 5.41) is 4.18. The van der Waals surface area contributed by atoms with Crippen LogP contribution < -0.4 is 4.74 Å². The molecule has 0 aliphatic carbocycles. The van der Waals surface area contributed by atoms with Gasteiger partial charge >= 0.3 is 6.61 Å². The summed E-state index contributed by atoms with van der Waals surface area (Å²) in [7, 11) is 1.68. The van der Waals surface area contributed by atoms with Crippen LogP contribution in [0.25, 0.3) is 16.1 Å². The van der Waals surface area contributed by atoms with E-state index in [2.05, 4.69) is 14.7 Å². The molecule has 4 nitrogen and oxygen atoms in total. The second-order valence-corrected chi connectivity index (χ2v) is 4.07. The Kier molecular flexibility index (Phi) is 3.67. The number of ether oxygens (including phenoxy) is 1. The van der Waals surface area contributed by atoms with Gasteiger partial charge in [-0.1, -0.05) is 11.6 Å². The van der Waals surface area contributed by atoms with E-state index in [1.807, 2.05) is 0 Å². The highest BCUT2D eigenvalue weighted by Gasteiger charge is 2.18. The average molecular weight is 284 g/mol. The Hall–Kier alpha value is -2.13. The molecule has 0 radical (unpaired) electrons. The van der Waals surface area contributed by atoms with Crippen LogP contribution in [-0.4, -0.2) is 16.4 Å². The van der Waals surface area contributed by atoms with Crippen molar-refractivity contribution in [1.29, 1.82) is 0 Å². The number of benzene rings is 1. The van der Waals surface area contributed by atoms with Crippen molar-refractivity contribution in [3.05, 3.63) is 40.8 Å². The van der Waals surface area contributed by atoms with Crippen LogP contribution in [-0.2, 0) is 7.05 Å². The zero-order chi connectivity index (χ0) is 14.0. The molecule has 0 N–H and O–H groups in total. The fraction of sp³-hybridized carbons (Fsp3) is 0.167. The van der Waals surface area contributed by atoms with Gasteiger partial charge in [0.2, 0.25) is 5.69 Å². The van der Waals surface area contributed by atoms with Gasteiger partial charge in [0.05, 0.1) is 12.3 Å². The van der Waals surface area contributed by atoms with Gasteiger partial charge in [-0.05, 0) is 18.2 Å². The van der Waals surface area contributed by atoms with Crippen molar-refractivity contribution in [2.24, 2.45) is 7.05 Å². The van der Waals surface area contributed by atoms with Gasteiger partial charge in [0.25, 0.3) is 0 Å². The lowest BCUT2D eigenvalue weighted by Gasteiger charge is -2.11. The summed E-state index contributed by atoms with van der Waals surface area (Å²) in [4.78, 5) is 3.25. The van der Waals surface area contributed by atoms with Crippen molar-refractivity contribution in [1.82, 2.24) is 9.78 Å². The lowest BCUT2D eigenvalue weighted by atomic mass is 10.1. The van der Waals surface area contributed by atoms with Crippen LogP contribution in [0.2, 0.25) is 5.02 Å². The number of hydrogen-bond donors (Lipinski definition) is 0. The van der Waals surface area contributed by atoms with E-state index in [0.29, 0.717) is 11.3 Å². The fourth-order valence-electron chi connectivity index (χ4n) is 1.71. The number of hydrogen-bond acceptors (Lipinski definition) is 2. The van der Waals surface area contributed by atoms with Crippen LogP contribution in [0.3, 0.4) is 0 Å². The third-order valence-corrected chi connectivity index (χ3v) is 2.68. The Morgan fingerprint density at radius 2 is 2.21 bits per heavy atom. The van der Waals surface area contributed by atoms with Crippen LogP contribution in [0.1, 0.15) is 0 Å². The van der Waals surface area contributed by atoms with E-state index in [1.165, 1.54) is 23.0 Å². The second kappa shape index (κ2) is 5.24. The van der Waals surface area contributed by atoms with Gasteiger partial charge in [0.1, 0.15) is 5.75 Å². The summed E-state index contributed by atoms with van der Waals surface area (Å²) in [5.41, 5.74) is 0.971. The van der Waals surface area contributed by atoms with E-state index < -0.39 is 6.61 Å². The number of halogens is 3. The lowest BCUT2D eigenvalue weighted by Crippen LogP contribution is -2.03. The highest BCUT2D eigenvalue weighted by atomic mass is 35.5. The fourth-order valence-corrected chi connectivity index (χ4v) is 1.92. The maximum Gasteiger partial charge on any atom is 0.386 e. The van der Waals surface area contributed by atoms with Crippen LogP contribution in [0, 0.1) is 6.57 Å². The van der Waals surface area contributed by atoms with Crippen LogP contribution in [0.5, 0.6) is 5.75 Å². The molecule has 0 amide bonds. The van der Waals surface area contributed by atoms with Crippen LogP contribution in [0.4, 0.5) is 14.5 Å². The molecule has 7 heteroatoms. The molecule has 0 aliphatic rings. The molecule has 98 valence electrons. The van der Waals surface area contributed by atoms with Crippen molar-refractivity contribution >= 4 is 17.3 Å². The standard InChI is InChI=1S/C12H8ClF2N3O/c1-16-11-8(9-3-4-17-18(9)2)5-7(13)6-10(11)19-12(14)15/h3-6,12H,2H3. The highest BCUT2D eigenvalue weighted by Crippen LogP contribution is 2.41. The molecule has 0 atom stereocenters. The molecule has 1 heterocycles. The maximum atomic E-state index is 12.3. The minimum absolute atomic E-state index is 0.0201. The third kappa shape index (κ3) is 2.66. The van der Waals surface area contributed by atoms with Gasteiger partial charge < -0.3 is 4.74 Å². The molecular weight excluding hydrogens is 276 g/mol. The molecule has 1 aromatic carbocycles. The van der Waals surface area contributed by atoms with Gasteiger partial charge in [-0.25, -0.2) is 4.85 Å². The third-order valence-electron chi connectivity index (χ3n) is 2.46. The molecule has 0 spiro atoms. The van der Waals surface area contributed by atoms with Crippen molar-refractivity contribution in [3.63, 3.8) is 0 Å². The molecule has 2 aromatic rings. The molecule has 0 aliphatic heterocycles. The monoisotopic (exact) mass is 283 g/mol. The van der Waals surface area contributed by atoms with E-state index in [4.69, 9.17) is 18.2 Å². The van der Waals surface area contributed by atoms with Crippen LogP contribution in [0.15, 0.2) is 24.4 Å². The van der Waals surface area contributed by atoms with E-state index in [0.717, 1.165) is 0 Å². The number of alkyl halides is 2. The van der Waals surface area contributed by atoms with Crippen molar-refractivity contribution < 1.29 is 13.5 Å². The molecule has 1 aromatic heterocycles. The highest BCUT2D eigenvalue weighted by molar-refractivity contribution is 6.31. The summed E-state index contributed by atoms with van der Waals surface area (Å²) in [6, 6.07) is 4.37. The number of nitrogens with zero attached hydrogens (tertiary/aromatic N) is 3. The first kappa shape index (κ1) is 13.3. The summed E-state index contributed by atoms with van der Waals surface area (Å²) >= 11 is 5.87. The number of aromatic nitrogens is 2. The predicted molar refractivity (Wildman–Crippen MR) is 66.5 cm³/mol. The normalized spacial score (nSPS) is 10.5. The number of rotatable bonds is 3. The Morgan fingerprint density at radius 3 is 2.74 bits per heavy atom. The van der Waals surface area contributed by atoms with E-state index in [9.17, 15) is 8.78 Å². The summed E-state index contributed by atoms with van der Waals surface area (Å²) in [5.74, 6) is -0.242. The quantitative estimate of drug-likeness (QED) is 0.800. The topological polar surface area (TPSA) is 31.4 Å². The van der Waals surface area contributed by atoms with E-state index >= 15 is 0 Å². The van der Waals surface area contributed by atoms with Crippen molar-refractivity contribution in [2.45, 2.75) is 6.61 Å². The lowest BCUT2D eigenvalue weighted by molar-refractivity contribution is -0.0492.